The third-order valence-electron chi connectivity index (χ3n) is 4.76. The van der Waals surface area contributed by atoms with Crippen molar-refractivity contribution in [3.63, 3.8) is 0 Å². The molecule has 0 aliphatic carbocycles. The maximum atomic E-state index is 12.9. The number of ether oxygens (including phenoxy) is 2. The molecular formula is C20H24N2O4S. The lowest BCUT2D eigenvalue weighted by atomic mass is 9.90. The lowest BCUT2D eigenvalue weighted by Gasteiger charge is -2.37. The Balaban J connectivity index is 1.98. The number of methoxy groups -OCH3 is 2. The third-order valence-corrected chi connectivity index (χ3v) is 5.69. The van der Waals surface area contributed by atoms with Gasteiger partial charge in [0.05, 0.1) is 26.8 Å². The van der Waals surface area contributed by atoms with Crippen molar-refractivity contribution in [2.45, 2.75) is 25.8 Å². The first-order chi connectivity index (χ1) is 13.1. The summed E-state index contributed by atoms with van der Waals surface area (Å²) < 4.78 is 10.9. The van der Waals surface area contributed by atoms with Crippen LogP contribution in [0, 0.1) is 0 Å². The highest BCUT2D eigenvalue weighted by molar-refractivity contribution is 7.10. The van der Waals surface area contributed by atoms with Gasteiger partial charge < -0.3 is 19.7 Å². The molecular weight excluding hydrogens is 364 g/mol. The van der Waals surface area contributed by atoms with Crippen LogP contribution in [0.5, 0.6) is 11.5 Å². The number of hydrogen-bond acceptors (Lipinski definition) is 5. The molecule has 0 radical (unpaired) electrons. The Hall–Kier alpha value is -2.54. The molecule has 0 saturated heterocycles. The van der Waals surface area contributed by atoms with Crippen LogP contribution in [-0.4, -0.2) is 44.0 Å². The van der Waals surface area contributed by atoms with Gasteiger partial charge in [0.1, 0.15) is 0 Å². The number of nitrogens with zero attached hydrogens (tertiary/aromatic N) is 1. The smallest absolute Gasteiger partial charge is 0.242 e. The van der Waals surface area contributed by atoms with E-state index in [0.717, 1.165) is 22.4 Å². The first-order valence-corrected chi connectivity index (χ1v) is 9.81. The van der Waals surface area contributed by atoms with Gasteiger partial charge in [0.15, 0.2) is 11.5 Å². The Bertz CT molecular complexity index is 820. The van der Waals surface area contributed by atoms with Crippen molar-refractivity contribution in [2.24, 2.45) is 0 Å². The van der Waals surface area contributed by atoms with Gasteiger partial charge in [-0.15, -0.1) is 11.3 Å². The van der Waals surface area contributed by atoms with Gasteiger partial charge in [-0.1, -0.05) is 13.0 Å². The van der Waals surface area contributed by atoms with Crippen molar-refractivity contribution in [2.75, 3.05) is 27.3 Å². The minimum atomic E-state index is -0.195. The molecule has 1 atom stereocenters. The van der Waals surface area contributed by atoms with Crippen LogP contribution in [0.15, 0.2) is 29.6 Å². The number of rotatable bonds is 6. The molecule has 27 heavy (non-hydrogen) atoms. The molecule has 1 aliphatic rings. The Morgan fingerprint density at radius 1 is 1.26 bits per heavy atom. The fourth-order valence-corrected chi connectivity index (χ4v) is 4.22. The predicted octanol–water partition coefficient (Wildman–Crippen LogP) is 2.77. The van der Waals surface area contributed by atoms with E-state index in [0.29, 0.717) is 24.5 Å². The van der Waals surface area contributed by atoms with E-state index >= 15 is 0 Å². The zero-order valence-corrected chi connectivity index (χ0v) is 16.6. The number of benzene rings is 1. The van der Waals surface area contributed by atoms with Gasteiger partial charge in [0.2, 0.25) is 11.8 Å². The van der Waals surface area contributed by atoms with Crippen LogP contribution in [0.3, 0.4) is 0 Å². The molecule has 1 aromatic heterocycles. The summed E-state index contributed by atoms with van der Waals surface area (Å²) in [6.07, 6.45) is 1.09. The molecule has 6 nitrogen and oxygen atoms in total. The lowest BCUT2D eigenvalue weighted by Crippen LogP contribution is -2.45. The van der Waals surface area contributed by atoms with E-state index in [-0.39, 0.29) is 24.4 Å². The van der Waals surface area contributed by atoms with E-state index < -0.39 is 0 Å². The molecule has 1 aromatic carbocycles. The highest BCUT2D eigenvalue weighted by Crippen LogP contribution is 2.42. The van der Waals surface area contributed by atoms with Gasteiger partial charge in [0.25, 0.3) is 0 Å². The van der Waals surface area contributed by atoms with Gasteiger partial charge in [-0.25, -0.2) is 0 Å². The van der Waals surface area contributed by atoms with Gasteiger partial charge in [-0.3, -0.25) is 9.59 Å². The molecule has 2 heterocycles. The summed E-state index contributed by atoms with van der Waals surface area (Å²) in [6, 6.07) is 7.78. The maximum Gasteiger partial charge on any atom is 0.242 e. The predicted molar refractivity (Wildman–Crippen MR) is 104 cm³/mol. The van der Waals surface area contributed by atoms with Crippen LogP contribution in [0.4, 0.5) is 0 Å². The molecule has 1 aliphatic heterocycles. The zero-order valence-electron chi connectivity index (χ0n) is 15.8. The molecule has 2 amide bonds. The van der Waals surface area contributed by atoms with Crippen LogP contribution < -0.4 is 14.8 Å². The summed E-state index contributed by atoms with van der Waals surface area (Å²) in [7, 11) is 3.23. The zero-order chi connectivity index (χ0) is 19.4. The van der Waals surface area contributed by atoms with E-state index in [1.165, 1.54) is 0 Å². The Morgan fingerprint density at radius 2 is 2.00 bits per heavy atom. The van der Waals surface area contributed by atoms with Crippen molar-refractivity contribution < 1.29 is 19.1 Å². The average molecular weight is 388 g/mol. The SMILES string of the molecule is CCC(=O)NCC(=O)N1CCc2cc(OC)c(OC)cc2[C@@H]1c1cccs1. The van der Waals surface area contributed by atoms with Crippen LogP contribution >= 0.6 is 11.3 Å². The highest BCUT2D eigenvalue weighted by Gasteiger charge is 2.33. The summed E-state index contributed by atoms with van der Waals surface area (Å²) in [5.74, 6) is 1.12. The fourth-order valence-electron chi connectivity index (χ4n) is 3.37. The third kappa shape index (κ3) is 3.93. The van der Waals surface area contributed by atoms with E-state index in [2.05, 4.69) is 5.32 Å². The molecule has 7 heteroatoms. The molecule has 2 aromatic rings. The van der Waals surface area contributed by atoms with Crippen molar-refractivity contribution >= 4 is 23.2 Å². The minimum Gasteiger partial charge on any atom is -0.493 e. The average Bonchev–Trinajstić information content (AvgIpc) is 3.23. The van der Waals surface area contributed by atoms with E-state index in [4.69, 9.17) is 9.47 Å². The second-order valence-corrected chi connectivity index (χ2v) is 7.27. The van der Waals surface area contributed by atoms with Gasteiger partial charge in [-0.2, -0.15) is 0 Å². The molecule has 0 unspecified atom stereocenters. The number of thiophene rings is 1. The van der Waals surface area contributed by atoms with Gasteiger partial charge in [0, 0.05) is 17.8 Å². The van der Waals surface area contributed by atoms with Crippen molar-refractivity contribution in [3.05, 3.63) is 45.6 Å². The normalized spacial score (nSPS) is 15.8. The Morgan fingerprint density at radius 3 is 2.63 bits per heavy atom. The second kappa shape index (κ2) is 8.43. The Labute approximate surface area is 163 Å². The number of amides is 2. The summed E-state index contributed by atoms with van der Waals surface area (Å²) in [6.45, 7) is 2.37. The summed E-state index contributed by atoms with van der Waals surface area (Å²) in [4.78, 5) is 27.3. The first-order valence-electron chi connectivity index (χ1n) is 8.93. The molecule has 0 fully saturated rings. The van der Waals surface area contributed by atoms with Gasteiger partial charge in [-0.05, 0) is 41.1 Å². The number of fused-ring (bicyclic) bond motifs is 1. The van der Waals surface area contributed by atoms with E-state index in [1.807, 2.05) is 34.5 Å². The molecule has 144 valence electrons. The standard InChI is InChI=1S/C20H24N2O4S/c1-4-18(23)21-12-19(24)22-8-7-13-10-15(25-2)16(26-3)11-14(13)20(22)17-6-5-9-27-17/h5-6,9-11,20H,4,7-8,12H2,1-3H3,(H,21,23)/t20-/m1/s1. The van der Waals surface area contributed by atoms with Crippen molar-refractivity contribution in [1.82, 2.24) is 10.2 Å². The largest absolute Gasteiger partial charge is 0.493 e. The van der Waals surface area contributed by atoms with Crippen LogP contribution in [0.1, 0.15) is 35.4 Å². The highest BCUT2D eigenvalue weighted by atomic mass is 32.1. The molecule has 0 saturated carbocycles. The summed E-state index contributed by atoms with van der Waals surface area (Å²) in [5.41, 5.74) is 2.18. The Kier molecular flexibility index (Phi) is 6.01. The number of nitrogens with one attached hydrogen (secondary N) is 1. The molecule has 3 rings (SSSR count). The second-order valence-electron chi connectivity index (χ2n) is 6.29. The number of hydrogen-bond donors (Lipinski definition) is 1. The topological polar surface area (TPSA) is 67.9 Å². The monoisotopic (exact) mass is 388 g/mol. The number of carbonyl (C=O) groups excluding carboxylic acids is 2. The lowest BCUT2D eigenvalue weighted by molar-refractivity contribution is -0.134. The van der Waals surface area contributed by atoms with E-state index in [9.17, 15) is 9.59 Å². The number of carbonyl (C=O) groups is 2. The van der Waals surface area contributed by atoms with Crippen LogP contribution in [0.25, 0.3) is 0 Å². The maximum absolute atomic E-state index is 12.9. The van der Waals surface area contributed by atoms with Crippen molar-refractivity contribution in [1.29, 1.82) is 0 Å². The molecule has 0 bridgehead atoms. The van der Waals surface area contributed by atoms with Crippen LogP contribution in [-0.2, 0) is 16.0 Å². The van der Waals surface area contributed by atoms with Crippen molar-refractivity contribution in [3.8, 4) is 11.5 Å². The first kappa shape index (κ1) is 19.2. The molecule has 1 N–H and O–H groups in total. The fraction of sp³-hybridized carbons (Fsp3) is 0.400. The molecule has 0 spiro atoms. The summed E-state index contributed by atoms with van der Waals surface area (Å²) >= 11 is 1.61. The summed E-state index contributed by atoms with van der Waals surface area (Å²) in [5, 5.41) is 4.69. The van der Waals surface area contributed by atoms with Crippen LogP contribution in [0.2, 0.25) is 0 Å². The quantitative estimate of drug-likeness (QED) is 0.826. The van der Waals surface area contributed by atoms with E-state index in [1.54, 1.807) is 32.5 Å². The minimum absolute atomic E-state index is 0.0111. The van der Waals surface area contributed by atoms with Gasteiger partial charge >= 0.3 is 0 Å².